The molecule has 2 aliphatic rings. The van der Waals surface area contributed by atoms with E-state index in [0.29, 0.717) is 31.1 Å². The van der Waals surface area contributed by atoms with Crippen molar-refractivity contribution in [2.24, 2.45) is 4.99 Å². The van der Waals surface area contributed by atoms with Gasteiger partial charge in [-0.25, -0.2) is 4.98 Å². The first kappa shape index (κ1) is 16.9. The number of ketones is 2. The Morgan fingerprint density at radius 2 is 2.00 bits per heavy atom. The summed E-state index contributed by atoms with van der Waals surface area (Å²) in [6.45, 7) is 2.58. The summed E-state index contributed by atoms with van der Waals surface area (Å²) in [5.41, 5.74) is 0.349. The molecule has 1 saturated heterocycles. The van der Waals surface area contributed by atoms with E-state index in [1.54, 1.807) is 4.90 Å². The normalized spacial score (nSPS) is 19.5. The molecule has 3 rings (SSSR count). The third kappa shape index (κ3) is 3.29. The number of carbonyl (C=O) groups excluding carboxylic acids is 3. The zero-order valence-corrected chi connectivity index (χ0v) is 14.7. The standard InChI is InChI=1S/C16H20N4O3S/c1-19(2)8-5-17-10-9-11(21)14-12(13(10)22)18-15(24-14)16(23)20-6-3-4-7-20/h3-9H2,1-2H3. The minimum Gasteiger partial charge on any atom is -0.337 e. The average Bonchev–Trinajstić information content (AvgIpc) is 3.20. The first-order chi connectivity index (χ1) is 11.5. The lowest BCUT2D eigenvalue weighted by molar-refractivity contribution is 0.0792. The van der Waals surface area contributed by atoms with Gasteiger partial charge in [-0.05, 0) is 26.9 Å². The molecule has 7 nitrogen and oxygen atoms in total. The van der Waals surface area contributed by atoms with Gasteiger partial charge in [0.05, 0.1) is 18.7 Å². The smallest absolute Gasteiger partial charge is 0.282 e. The highest BCUT2D eigenvalue weighted by Crippen LogP contribution is 2.27. The minimum atomic E-state index is -0.319. The van der Waals surface area contributed by atoms with Crippen molar-refractivity contribution < 1.29 is 14.4 Å². The molecule has 1 aliphatic carbocycles. The van der Waals surface area contributed by atoms with E-state index < -0.39 is 0 Å². The lowest BCUT2D eigenvalue weighted by Crippen LogP contribution is -2.28. The molecule has 128 valence electrons. The number of nitrogens with zero attached hydrogens (tertiary/aromatic N) is 4. The minimum absolute atomic E-state index is 0.00119. The van der Waals surface area contributed by atoms with E-state index in [2.05, 4.69) is 9.98 Å². The van der Waals surface area contributed by atoms with Crippen molar-refractivity contribution in [3.05, 3.63) is 15.6 Å². The highest BCUT2D eigenvalue weighted by Gasteiger charge is 2.35. The molecule has 1 aromatic rings. The lowest BCUT2D eigenvalue weighted by atomic mass is 9.98. The first-order valence-electron chi connectivity index (χ1n) is 8.03. The van der Waals surface area contributed by atoms with E-state index in [-0.39, 0.29) is 40.3 Å². The molecular formula is C16H20N4O3S. The molecule has 8 heteroatoms. The third-order valence-corrected chi connectivity index (χ3v) is 5.20. The van der Waals surface area contributed by atoms with Crippen molar-refractivity contribution >= 4 is 34.5 Å². The predicted molar refractivity (Wildman–Crippen MR) is 91.4 cm³/mol. The summed E-state index contributed by atoms with van der Waals surface area (Å²) in [5.74, 6) is -0.676. The van der Waals surface area contributed by atoms with Crippen LogP contribution in [0.4, 0.5) is 0 Å². The maximum atomic E-state index is 12.5. The summed E-state index contributed by atoms with van der Waals surface area (Å²) in [6, 6.07) is 0. The molecule has 0 N–H and O–H groups in total. The molecule has 0 radical (unpaired) electrons. The number of likely N-dealkylation sites (N-methyl/N-ethyl adjacent to an activating group) is 1. The van der Waals surface area contributed by atoms with Gasteiger partial charge in [-0.15, -0.1) is 11.3 Å². The maximum absolute atomic E-state index is 12.5. The molecule has 0 spiro atoms. The fraction of sp³-hybridized carbons (Fsp3) is 0.562. The second-order valence-electron chi connectivity index (χ2n) is 6.26. The van der Waals surface area contributed by atoms with Crippen LogP contribution in [-0.4, -0.2) is 78.2 Å². The number of rotatable bonds is 4. The van der Waals surface area contributed by atoms with Gasteiger partial charge in [-0.1, -0.05) is 0 Å². The number of thiazole rings is 1. The third-order valence-electron chi connectivity index (χ3n) is 4.11. The van der Waals surface area contributed by atoms with Crippen LogP contribution in [0.2, 0.25) is 0 Å². The number of aliphatic imine (C=N–C) groups is 1. The lowest BCUT2D eigenvalue weighted by Gasteiger charge is -2.12. The molecule has 1 fully saturated rings. The zero-order valence-electron chi connectivity index (χ0n) is 13.9. The van der Waals surface area contributed by atoms with Gasteiger partial charge in [0.2, 0.25) is 5.78 Å². The van der Waals surface area contributed by atoms with Crippen LogP contribution < -0.4 is 0 Å². The Bertz CT molecular complexity index is 717. The largest absolute Gasteiger partial charge is 0.337 e. The predicted octanol–water partition coefficient (Wildman–Crippen LogP) is 1.15. The number of amides is 1. The molecule has 0 bridgehead atoms. The molecule has 0 unspecified atom stereocenters. The SMILES string of the molecule is CN(C)CCN=C1CC(=O)c2sc(C(=O)N3CCCC3)nc2C1=O. The fourth-order valence-electron chi connectivity index (χ4n) is 2.77. The second-order valence-corrected chi connectivity index (χ2v) is 7.26. The van der Waals surface area contributed by atoms with Crippen molar-refractivity contribution in [3.63, 3.8) is 0 Å². The monoisotopic (exact) mass is 348 g/mol. The van der Waals surface area contributed by atoms with Crippen LogP contribution in [0.5, 0.6) is 0 Å². The van der Waals surface area contributed by atoms with Gasteiger partial charge < -0.3 is 9.80 Å². The van der Waals surface area contributed by atoms with Gasteiger partial charge in [0, 0.05) is 19.6 Å². The van der Waals surface area contributed by atoms with Crippen LogP contribution >= 0.6 is 11.3 Å². The maximum Gasteiger partial charge on any atom is 0.282 e. The quantitative estimate of drug-likeness (QED) is 0.815. The summed E-state index contributed by atoms with van der Waals surface area (Å²) in [4.78, 5) is 49.7. The van der Waals surface area contributed by atoms with E-state index in [4.69, 9.17) is 0 Å². The molecule has 0 aromatic carbocycles. The molecule has 1 amide bonds. The van der Waals surface area contributed by atoms with Crippen LogP contribution in [0.25, 0.3) is 0 Å². The van der Waals surface area contributed by atoms with Crippen molar-refractivity contribution in [3.8, 4) is 0 Å². The molecule has 0 saturated carbocycles. The average molecular weight is 348 g/mol. The van der Waals surface area contributed by atoms with Crippen molar-refractivity contribution in [2.75, 3.05) is 40.3 Å². The molecule has 0 atom stereocenters. The topological polar surface area (TPSA) is 82.9 Å². The highest BCUT2D eigenvalue weighted by atomic mass is 32.1. The Morgan fingerprint density at radius 3 is 2.67 bits per heavy atom. The van der Waals surface area contributed by atoms with E-state index >= 15 is 0 Å². The van der Waals surface area contributed by atoms with Gasteiger partial charge >= 0.3 is 0 Å². The Balaban J connectivity index is 1.83. The number of Topliss-reactive ketones (excluding diaryl/α,β-unsaturated/α-hetero) is 2. The number of likely N-dealkylation sites (tertiary alicyclic amines) is 1. The fourth-order valence-corrected chi connectivity index (χ4v) is 3.74. The number of carbonyl (C=O) groups is 3. The Kier molecular flexibility index (Phi) is 4.86. The van der Waals surface area contributed by atoms with Gasteiger partial charge in [0.25, 0.3) is 5.91 Å². The van der Waals surface area contributed by atoms with Gasteiger partial charge in [-0.3, -0.25) is 19.4 Å². The number of hydrogen-bond acceptors (Lipinski definition) is 7. The highest BCUT2D eigenvalue weighted by molar-refractivity contribution is 7.16. The zero-order chi connectivity index (χ0) is 17.3. The van der Waals surface area contributed by atoms with Gasteiger partial charge in [-0.2, -0.15) is 0 Å². The summed E-state index contributed by atoms with van der Waals surface area (Å²) >= 11 is 1.04. The Labute approximate surface area is 144 Å². The van der Waals surface area contributed by atoms with Crippen molar-refractivity contribution in [1.82, 2.24) is 14.8 Å². The van der Waals surface area contributed by atoms with Crippen LogP contribution in [0.1, 0.15) is 49.2 Å². The van der Waals surface area contributed by atoms with Crippen LogP contribution in [0.3, 0.4) is 0 Å². The number of fused-ring (bicyclic) bond motifs is 1. The van der Waals surface area contributed by atoms with E-state index in [1.165, 1.54) is 0 Å². The van der Waals surface area contributed by atoms with E-state index in [1.807, 2.05) is 19.0 Å². The van der Waals surface area contributed by atoms with E-state index in [9.17, 15) is 14.4 Å². The molecular weight excluding hydrogens is 328 g/mol. The summed E-state index contributed by atoms with van der Waals surface area (Å²) < 4.78 is 0. The van der Waals surface area contributed by atoms with E-state index in [0.717, 1.165) is 24.2 Å². The molecule has 24 heavy (non-hydrogen) atoms. The summed E-state index contributed by atoms with van der Waals surface area (Å²) in [7, 11) is 3.84. The molecule has 1 aliphatic heterocycles. The molecule has 2 heterocycles. The number of aromatic nitrogens is 1. The van der Waals surface area contributed by atoms with Crippen LogP contribution in [-0.2, 0) is 0 Å². The van der Waals surface area contributed by atoms with Gasteiger partial charge in [0.1, 0.15) is 10.6 Å². The summed E-state index contributed by atoms with van der Waals surface area (Å²) in [5, 5.41) is 0.234. The van der Waals surface area contributed by atoms with Crippen molar-refractivity contribution in [2.45, 2.75) is 19.3 Å². The Hall–Kier alpha value is -1.93. The van der Waals surface area contributed by atoms with Crippen LogP contribution in [0, 0.1) is 0 Å². The van der Waals surface area contributed by atoms with Gasteiger partial charge in [0.15, 0.2) is 10.8 Å². The molecule has 1 aromatic heterocycles. The first-order valence-corrected chi connectivity index (χ1v) is 8.85. The Morgan fingerprint density at radius 1 is 1.29 bits per heavy atom. The van der Waals surface area contributed by atoms with Crippen LogP contribution in [0.15, 0.2) is 4.99 Å². The second kappa shape index (κ2) is 6.90. The summed E-state index contributed by atoms with van der Waals surface area (Å²) in [6.07, 6.45) is 1.97. The number of hydrogen-bond donors (Lipinski definition) is 0. The van der Waals surface area contributed by atoms with Crippen molar-refractivity contribution in [1.29, 1.82) is 0 Å².